The van der Waals surface area contributed by atoms with E-state index < -0.39 is 0 Å². The van der Waals surface area contributed by atoms with Gasteiger partial charge >= 0.3 is 0 Å². The number of amides is 3. The summed E-state index contributed by atoms with van der Waals surface area (Å²) in [6, 6.07) is 13.8. The molecular formula is C38H40N12O3S. The molecule has 16 heteroatoms. The van der Waals surface area contributed by atoms with Crippen LogP contribution >= 0.6 is 11.3 Å². The highest BCUT2D eigenvalue weighted by Gasteiger charge is 2.32. The van der Waals surface area contributed by atoms with Crippen LogP contribution in [-0.2, 0) is 14.4 Å². The first kappa shape index (κ1) is 35.1. The second kappa shape index (κ2) is 14.8. The second-order valence-electron chi connectivity index (χ2n) is 14.2. The summed E-state index contributed by atoms with van der Waals surface area (Å²) < 4.78 is 1.78. The van der Waals surface area contributed by atoms with E-state index in [9.17, 15) is 19.6 Å². The van der Waals surface area contributed by atoms with Gasteiger partial charge in [-0.2, -0.15) is 10.4 Å². The standard InChI is InChI=1S/C38H40N12O3S/c1-23(2)43-30-18-31(32-6-4-27-17-24(19-39)20-42-50(27)32)40-22-29(30)36-45-46-38(54-36)49-15-13-48(14-16-49)37(53)25-9-11-47(12-10-25)33-7-3-26(21-41-33)28-5-8-34(51)44-35(28)52/h3-4,6-7,17-18,20-23,25,28H,5,8-16H2,1-2H3,(H,40,43)(H,44,51,52). The molecule has 3 fully saturated rings. The molecule has 1 atom stereocenters. The molecule has 1 unspecified atom stereocenters. The van der Waals surface area contributed by atoms with Gasteiger partial charge in [-0.1, -0.05) is 17.4 Å². The van der Waals surface area contributed by atoms with Gasteiger partial charge in [0.15, 0.2) is 5.01 Å². The largest absolute Gasteiger partial charge is 0.382 e. The molecule has 276 valence electrons. The Morgan fingerprint density at radius 1 is 0.944 bits per heavy atom. The number of imide groups is 1. The lowest BCUT2D eigenvalue weighted by molar-refractivity contribution is -0.136. The molecule has 0 aromatic carbocycles. The van der Waals surface area contributed by atoms with Gasteiger partial charge in [0.05, 0.1) is 40.1 Å². The number of nitrogens with zero attached hydrogens (tertiary/aromatic N) is 10. The minimum Gasteiger partial charge on any atom is -0.382 e. The second-order valence-corrected chi connectivity index (χ2v) is 15.2. The average Bonchev–Trinajstić information content (AvgIpc) is 3.86. The number of carbonyl (C=O) groups is 3. The molecule has 0 radical (unpaired) electrons. The molecule has 0 bridgehead atoms. The molecule has 54 heavy (non-hydrogen) atoms. The topological polar surface area (TPSA) is 178 Å². The van der Waals surface area contributed by atoms with Crippen LogP contribution in [0.2, 0.25) is 0 Å². The van der Waals surface area contributed by atoms with Crippen molar-refractivity contribution in [2.24, 2.45) is 5.92 Å². The Morgan fingerprint density at radius 2 is 1.76 bits per heavy atom. The van der Waals surface area contributed by atoms with Crippen molar-refractivity contribution >= 4 is 51.2 Å². The summed E-state index contributed by atoms with van der Waals surface area (Å²) in [7, 11) is 0. The zero-order valence-corrected chi connectivity index (χ0v) is 30.9. The third-order valence-electron chi connectivity index (χ3n) is 10.3. The highest BCUT2D eigenvalue weighted by atomic mass is 32.1. The Balaban J connectivity index is 0.871. The van der Waals surface area contributed by atoms with Gasteiger partial charge in [-0.15, -0.1) is 10.2 Å². The molecule has 0 spiro atoms. The van der Waals surface area contributed by atoms with Gasteiger partial charge in [0.25, 0.3) is 0 Å². The fourth-order valence-corrected chi connectivity index (χ4v) is 8.36. The van der Waals surface area contributed by atoms with Gasteiger partial charge < -0.3 is 20.0 Å². The third-order valence-corrected chi connectivity index (χ3v) is 11.3. The number of hydrogen-bond donors (Lipinski definition) is 2. The highest BCUT2D eigenvalue weighted by molar-refractivity contribution is 7.18. The summed E-state index contributed by atoms with van der Waals surface area (Å²) in [6.07, 6.45) is 7.46. The summed E-state index contributed by atoms with van der Waals surface area (Å²) in [5.41, 5.74) is 5.45. The van der Waals surface area contributed by atoms with Crippen molar-refractivity contribution in [2.75, 3.05) is 54.4 Å². The van der Waals surface area contributed by atoms with Crippen LogP contribution in [0.15, 0.2) is 55.0 Å². The van der Waals surface area contributed by atoms with Crippen LogP contribution in [0.3, 0.4) is 0 Å². The average molecular weight is 745 g/mol. The minimum atomic E-state index is -0.352. The lowest BCUT2D eigenvalue weighted by Gasteiger charge is -2.38. The van der Waals surface area contributed by atoms with E-state index in [2.05, 4.69) is 60.6 Å². The fourth-order valence-electron chi connectivity index (χ4n) is 7.44. The number of nitrogens with one attached hydrogen (secondary N) is 2. The van der Waals surface area contributed by atoms with Gasteiger partial charge in [0.1, 0.15) is 11.9 Å². The normalized spacial score (nSPS) is 18.3. The first-order valence-electron chi connectivity index (χ1n) is 18.3. The molecular weight excluding hydrogens is 705 g/mol. The van der Waals surface area contributed by atoms with Gasteiger partial charge in [-0.25, -0.2) is 9.50 Å². The van der Waals surface area contributed by atoms with Gasteiger partial charge in [-0.05, 0) is 69.0 Å². The number of hydrogen-bond acceptors (Lipinski definition) is 13. The van der Waals surface area contributed by atoms with Crippen LogP contribution in [0.1, 0.15) is 56.6 Å². The third kappa shape index (κ3) is 7.06. The Labute approximate surface area is 316 Å². The maximum Gasteiger partial charge on any atom is 0.234 e. The number of piperazine rings is 1. The number of nitriles is 1. The number of carbonyl (C=O) groups excluding carboxylic acids is 3. The van der Waals surface area contributed by atoms with Crippen LogP contribution in [0.25, 0.3) is 27.5 Å². The van der Waals surface area contributed by atoms with Crippen LogP contribution in [-0.4, -0.2) is 97.7 Å². The Kier molecular flexibility index (Phi) is 9.63. The van der Waals surface area contributed by atoms with Crippen molar-refractivity contribution in [2.45, 2.75) is 51.5 Å². The molecule has 3 aliphatic rings. The lowest BCUT2D eigenvalue weighted by atomic mass is 9.91. The minimum absolute atomic E-state index is 0.0263. The molecule has 3 amide bonds. The first-order chi connectivity index (χ1) is 26.2. The van der Waals surface area contributed by atoms with Crippen LogP contribution in [0, 0.1) is 17.2 Å². The Bertz CT molecular complexity index is 2250. The summed E-state index contributed by atoms with van der Waals surface area (Å²) in [6.45, 7) is 8.25. The van der Waals surface area contributed by atoms with E-state index in [-0.39, 0.29) is 35.6 Å². The first-order valence-corrected chi connectivity index (χ1v) is 19.1. The zero-order valence-electron chi connectivity index (χ0n) is 30.1. The van der Waals surface area contributed by atoms with E-state index >= 15 is 0 Å². The number of anilines is 3. The summed E-state index contributed by atoms with van der Waals surface area (Å²) in [4.78, 5) is 53.2. The van der Waals surface area contributed by atoms with Gasteiger partial charge in [0.2, 0.25) is 22.9 Å². The molecule has 3 aliphatic heterocycles. The quantitative estimate of drug-likeness (QED) is 0.218. The van der Waals surface area contributed by atoms with Crippen LogP contribution in [0.5, 0.6) is 0 Å². The van der Waals surface area contributed by atoms with Crippen molar-refractivity contribution < 1.29 is 14.4 Å². The maximum atomic E-state index is 13.6. The monoisotopic (exact) mass is 744 g/mol. The predicted octanol–water partition coefficient (Wildman–Crippen LogP) is 4.09. The Morgan fingerprint density at radius 3 is 2.48 bits per heavy atom. The molecule has 8 heterocycles. The van der Waals surface area contributed by atoms with Crippen molar-refractivity contribution in [3.8, 4) is 28.0 Å². The highest BCUT2D eigenvalue weighted by Crippen LogP contribution is 2.36. The van der Waals surface area contributed by atoms with Gasteiger partial charge in [0, 0.05) is 75.7 Å². The van der Waals surface area contributed by atoms with E-state index in [0.717, 1.165) is 75.6 Å². The van der Waals surface area contributed by atoms with Crippen molar-refractivity contribution in [3.05, 3.63) is 66.1 Å². The zero-order chi connectivity index (χ0) is 37.3. The Hall–Kier alpha value is -5.95. The summed E-state index contributed by atoms with van der Waals surface area (Å²) >= 11 is 1.52. The SMILES string of the molecule is CC(C)Nc1cc(-c2ccc3cc(C#N)cnn23)ncc1-c1nnc(N2CCN(C(=O)C3CCN(c4ccc(C5CCC(=O)NC5=O)cn4)CC3)CC2)s1. The molecule has 8 rings (SSSR count). The van der Waals surface area contributed by atoms with Gasteiger partial charge in [-0.3, -0.25) is 24.7 Å². The molecule has 2 N–H and O–H groups in total. The van der Waals surface area contributed by atoms with E-state index in [1.54, 1.807) is 23.0 Å². The van der Waals surface area contributed by atoms with Crippen molar-refractivity contribution in [3.63, 3.8) is 0 Å². The number of rotatable bonds is 8. The van der Waals surface area contributed by atoms with E-state index in [1.165, 1.54) is 11.3 Å². The van der Waals surface area contributed by atoms with Crippen molar-refractivity contribution in [1.29, 1.82) is 5.26 Å². The fraction of sp³-hybridized carbons (Fsp3) is 0.395. The number of fused-ring (bicyclic) bond motifs is 1. The maximum absolute atomic E-state index is 13.6. The smallest absolute Gasteiger partial charge is 0.234 e. The molecule has 3 saturated heterocycles. The molecule has 5 aromatic heterocycles. The number of aromatic nitrogens is 6. The molecule has 0 saturated carbocycles. The number of piperidine rings is 2. The number of pyridine rings is 2. The molecule has 15 nitrogen and oxygen atoms in total. The summed E-state index contributed by atoms with van der Waals surface area (Å²) in [5, 5.41) is 30.4. The summed E-state index contributed by atoms with van der Waals surface area (Å²) in [5.74, 6) is 0.178. The lowest BCUT2D eigenvalue weighted by Crippen LogP contribution is -2.51. The predicted molar refractivity (Wildman–Crippen MR) is 204 cm³/mol. The molecule has 5 aromatic rings. The van der Waals surface area contributed by atoms with Crippen LogP contribution < -0.4 is 20.4 Å². The van der Waals surface area contributed by atoms with E-state index in [1.807, 2.05) is 41.4 Å². The van der Waals surface area contributed by atoms with E-state index in [0.29, 0.717) is 44.6 Å². The van der Waals surface area contributed by atoms with Crippen molar-refractivity contribution in [1.82, 2.24) is 40.0 Å². The van der Waals surface area contributed by atoms with Crippen LogP contribution in [0.4, 0.5) is 16.6 Å². The van der Waals surface area contributed by atoms with E-state index in [4.69, 9.17) is 4.98 Å². The molecule has 0 aliphatic carbocycles.